The third-order valence-electron chi connectivity index (χ3n) is 5.90. The van der Waals surface area contributed by atoms with Crippen LogP contribution in [-0.4, -0.2) is 44.3 Å². The summed E-state index contributed by atoms with van der Waals surface area (Å²) >= 11 is 0. The van der Waals surface area contributed by atoms with E-state index in [0.29, 0.717) is 5.57 Å². The summed E-state index contributed by atoms with van der Waals surface area (Å²) in [6.45, 7) is 7.74. The summed E-state index contributed by atoms with van der Waals surface area (Å²) in [7, 11) is 0. The van der Waals surface area contributed by atoms with Crippen LogP contribution < -0.4 is 0 Å². The van der Waals surface area contributed by atoms with E-state index in [1.54, 1.807) is 0 Å². The van der Waals surface area contributed by atoms with E-state index in [0.717, 1.165) is 18.4 Å². The van der Waals surface area contributed by atoms with E-state index in [-0.39, 0.29) is 12.0 Å². The van der Waals surface area contributed by atoms with Gasteiger partial charge in [-0.2, -0.15) is 0 Å². The van der Waals surface area contributed by atoms with Crippen molar-refractivity contribution in [2.75, 3.05) is 0 Å². The first-order valence-electron chi connectivity index (χ1n) is 9.96. The molecular weight excluding hydrogens is 352 g/mol. The summed E-state index contributed by atoms with van der Waals surface area (Å²) in [5.41, 5.74) is 0.904. The second-order valence-corrected chi connectivity index (χ2v) is 8.99. The molecule has 1 aliphatic carbocycles. The maximum atomic E-state index is 10.3. The number of rotatable bonds is 4. The van der Waals surface area contributed by atoms with Crippen LogP contribution in [0.3, 0.4) is 0 Å². The second-order valence-electron chi connectivity index (χ2n) is 8.99. The smallest absolute Gasteiger partial charge is 0.101 e. The molecule has 4 heteroatoms. The Morgan fingerprint density at radius 2 is 1.54 bits per heavy atom. The summed E-state index contributed by atoms with van der Waals surface area (Å²) in [6.07, 6.45) is 9.60. The highest BCUT2D eigenvalue weighted by atomic mass is 16.5. The van der Waals surface area contributed by atoms with Gasteiger partial charge in [0.1, 0.15) is 6.10 Å². The molecule has 152 valence electrons. The molecule has 4 nitrogen and oxygen atoms in total. The van der Waals surface area contributed by atoms with E-state index in [2.05, 4.69) is 50.3 Å². The van der Waals surface area contributed by atoms with Gasteiger partial charge in [-0.15, -0.1) is 0 Å². The molecule has 1 aliphatic heterocycles. The fourth-order valence-electron chi connectivity index (χ4n) is 3.86. The molecule has 1 aromatic carbocycles. The molecule has 1 heterocycles. The molecule has 3 N–H and O–H groups in total. The molecule has 28 heavy (non-hydrogen) atoms. The average Bonchev–Trinajstić information content (AvgIpc) is 2.92. The number of hydrogen-bond acceptors (Lipinski definition) is 4. The van der Waals surface area contributed by atoms with Crippen LogP contribution in [0.5, 0.6) is 0 Å². The van der Waals surface area contributed by atoms with E-state index in [9.17, 15) is 15.3 Å². The van der Waals surface area contributed by atoms with E-state index < -0.39 is 23.4 Å². The van der Waals surface area contributed by atoms with Crippen LogP contribution in [0.4, 0.5) is 0 Å². The molecule has 0 amide bonds. The highest BCUT2D eigenvalue weighted by molar-refractivity contribution is 5.51. The lowest BCUT2D eigenvalue weighted by atomic mass is 9.82. The summed E-state index contributed by atoms with van der Waals surface area (Å²) in [6, 6.07) is 8.39. The highest BCUT2D eigenvalue weighted by Crippen LogP contribution is 2.40. The number of aliphatic hydroxyl groups is 3. The SMILES string of the molecule is Cc1ccc(C=C[C@@]2(C)CC[C@](C)(C=CC3=C[C@H](O)[C@](C)(O)C[C@@H]3O)O2)cc1. The lowest BCUT2D eigenvalue weighted by molar-refractivity contribution is -0.0707. The largest absolute Gasteiger partial charge is 0.388 e. The van der Waals surface area contributed by atoms with Crippen LogP contribution in [0.15, 0.2) is 54.1 Å². The minimum Gasteiger partial charge on any atom is -0.388 e. The van der Waals surface area contributed by atoms with Gasteiger partial charge in [-0.05, 0) is 57.7 Å². The third kappa shape index (κ3) is 4.81. The number of hydrogen-bond donors (Lipinski definition) is 3. The Labute approximate surface area is 167 Å². The van der Waals surface area contributed by atoms with E-state index >= 15 is 0 Å². The van der Waals surface area contributed by atoms with E-state index in [4.69, 9.17) is 4.74 Å². The molecule has 0 saturated carbocycles. The molecule has 0 unspecified atom stereocenters. The van der Waals surface area contributed by atoms with Gasteiger partial charge in [0.2, 0.25) is 0 Å². The van der Waals surface area contributed by atoms with Gasteiger partial charge in [0, 0.05) is 6.42 Å². The van der Waals surface area contributed by atoms with Crippen LogP contribution in [0.25, 0.3) is 6.08 Å². The molecule has 5 atom stereocenters. The Balaban J connectivity index is 1.69. The van der Waals surface area contributed by atoms with E-state index in [1.165, 1.54) is 18.6 Å². The average molecular weight is 385 g/mol. The van der Waals surface area contributed by atoms with Gasteiger partial charge in [-0.1, -0.05) is 54.1 Å². The van der Waals surface area contributed by atoms with Crippen molar-refractivity contribution >= 4 is 6.08 Å². The number of benzene rings is 1. The molecular formula is C24H32O4. The van der Waals surface area contributed by atoms with Crippen LogP contribution in [0.2, 0.25) is 0 Å². The lowest BCUT2D eigenvalue weighted by Gasteiger charge is -2.35. The van der Waals surface area contributed by atoms with E-state index in [1.807, 2.05) is 19.1 Å². The first kappa shape index (κ1) is 21.0. The maximum Gasteiger partial charge on any atom is 0.101 e. The quantitative estimate of drug-likeness (QED) is 0.740. The van der Waals surface area contributed by atoms with Crippen molar-refractivity contribution < 1.29 is 20.1 Å². The molecule has 2 aliphatic rings. The fraction of sp³-hybridized carbons (Fsp3) is 0.500. The topological polar surface area (TPSA) is 69.9 Å². The predicted octanol–water partition coefficient (Wildman–Crippen LogP) is 3.70. The third-order valence-corrected chi connectivity index (χ3v) is 5.90. The maximum absolute atomic E-state index is 10.3. The molecule has 0 aromatic heterocycles. The summed E-state index contributed by atoms with van der Waals surface area (Å²) in [4.78, 5) is 0. The van der Waals surface area contributed by atoms with Crippen molar-refractivity contribution in [2.45, 2.75) is 76.0 Å². The normalized spacial score (nSPS) is 39.0. The minimum atomic E-state index is -1.30. The molecule has 0 radical (unpaired) electrons. The fourth-order valence-corrected chi connectivity index (χ4v) is 3.86. The Hall–Kier alpha value is -1.72. The van der Waals surface area contributed by atoms with Gasteiger partial charge < -0.3 is 20.1 Å². The Morgan fingerprint density at radius 3 is 2.14 bits per heavy atom. The van der Waals surface area contributed by atoms with Crippen molar-refractivity contribution in [3.05, 3.63) is 65.3 Å². The predicted molar refractivity (Wildman–Crippen MR) is 112 cm³/mol. The zero-order chi connectivity index (χ0) is 20.6. The zero-order valence-electron chi connectivity index (χ0n) is 17.2. The van der Waals surface area contributed by atoms with Gasteiger partial charge in [-0.25, -0.2) is 0 Å². The molecule has 1 fully saturated rings. The van der Waals surface area contributed by atoms with Crippen molar-refractivity contribution in [1.29, 1.82) is 0 Å². The number of aryl methyl sites for hydroxylation is 1. The zero-order valence-corrected chi connectivity index (χ0v) is 17.2. The summed E-state index contributed by atoms with van der Waals surface area (Å²) in [5.74, 6) is 0. The van der Waals surface area contributed by atoms with Gasteiger partial charge in [0.25, 0.3) is 0 Å². The first-order chi connectivity index (χ1) is 13.0. The summed E-state index contributed by atoms with van der Waals surface area (Å²) in [5, 5.41) is 30.4. The first-order valence-corrected chi connectivity index (χ1v) is 9.96. The molecule has 0 bridgehead atoms. The second kappa shape index (κ2) is 7.60. The lowest BCUT2D eigenvalue weighted by Crippen LogP contribution is -2.45. The molecule has 0 spiro atoms. The van der Waals surface area contributed by atoms with Crippen LogP contribution in [0.1, 0.15) is 51.2 Å². The summed E-state index contributed by atoms with van der Waals surface area (Å²) < 4.78 is 6.38. The number of aliphatic hydroxyl groups excluding tert-OH is 2. The van der Waals surface area contributed by atoms with Crippen LogP contribution in [0, 0.1) is 6.92 Å². The van der Waals surface area contributed by atoms with Crippen molar-refractivity contribution in [3.63, 3.8) is 0 Å². The minimum absolute atomic E-state index is 0.110. The van der Waals surface area contributed by atoms with Crippen molar-refractivity contribution in [1.82, 2.24) is 0 Å². The van der Waals surface area contributed by atoms with Gasteiger partial charge in [0.15, 0.2) is 0 Å². The van der Waals surface area contributed by atoms with Crippen LogP contribution >= 0.6 is 0 Å². The van der Waals surface area contributed by atoms with Crippen molar-refractivity contribution in [2.24, 2.45) is 0 Å². The molecule has 1 aromatic rings. The Morgan fingerprint density at radius 1 is 0.964 bits per heavy atom. The monoisotopic (exact) mass is 384 g/mol. The van der Waals surface area contributed by atoms with Crippen molar-refractivity contribution in [3.8, 4) is 0 Å². The molecule has 3 rings (SSSR count). The molecule has 1 saturated heterocycles. The Bertz CT molecular complexity index is 789. The van der Waals surface area contributed by atoms with Gasteiger partial charge in [-0.3, -0.25) is 0 Å². The highest BCUT2D eigenvalue weighted by Gasteiger charge is 2.41. The Kier molecular flexibility index (Phi) is 5.70. The number of ether oxygens (including phenoxy) is 1. The van der Waals surface area contributed by atoms with Gasteiger partial charge in [0.05, 0.1) is 22.9 Å². The van der Waals surface area contributed by atoms with Crippen LogP contribution in [-0.2, 0) is 4.74 Å². The standard InChI is InChI=1S/C24H32O4/c1-17-5-7-18(8-6-17)9-11-22(2)13-14-23(3,28-22)12-10-19-15-21(26)24(4,27)16-20(19)25/h5-12,15,20-21,25-27H,13-14,16H2,1-4H3/t20-,21-,22-,23-,24+/m0/s1. The van der Waals surface area contributed by atoms with Gasteiger partial charge >= 0.3 is 0 Å².